The number of hydrogen-bond acceptors (Lipinski definition) is 4. The molecule has 4 rings (SSSR count). The fraction of sp³-hybridized carbons (Fsp3) is 0.190. The highest BCUT2D eigenvalue weighted by Crippen LogP contribution is 2.52. The molecule has 0 radical (unpaired) electrons. The van der Waals surface area contributed by atoms with Crippen LogP contribution in [0.1, 0.15) is 29.5 Å². The fourth-order valence-electron chi connectivity index (χ4n) is 3.33. The standard InChI is InChI=1S/C21H18ClNO3S/c1-13(24)26-19-17-7-4-12-23(17)18-6-3-5-16(22)21(18)27-20(19)14-8-10-15(25-2)11-9-14/h3-12,19-20H,1-2H3/t19-,20-/m1/s1. The summed E-state index contributed by atoms with van der Waals surface area (Å²) in [5.74, 6) is 0.465. The molecule has 2 heterocycles. The Morgan fingerprint density at radius 3 is 2.59 bits per heavy atom. The minimum absolute atomic E-state index is 0.144. The Kier molecular flexibility index (Phi) is 4.89. The molecule has 6 heteroatoms. The minimum Gasteiger partial charge on any atom is -0.497 e. The molecule has 0 unspecified atom stereocenters. The predicted octanol–water partition coefficient (Wildman–Crippen LogP) is 5.59. The van der Waals surface area contributed by atoms with Gasteiger partial charge in [0.25, 0.3) is 0 Å². The molecule has 0 saturated carbocycles. The molecule has 0 bridgehead atoms. The second kappa shape index (κ2) is 7.33. The van der Waals surface area contributed by atoms with Crippen LogP contribution >= 0.6 is 23.4 Å². The Morgan fingerprint density at radius 2 is 1.89 bits per heavy atom. The molecule has 0 N–H and O–H groups in total. The number of benzene rings is 2. The highest BCUT2D eigenvalue weighted by molar-refractivity contribution is 7.99. The average Bonchev–Trinajstić information content (AvgIpc) is 3.10. The lowest BCUT2D eigenvalue weighted by atomic mass is 10.0. The van der Waals surface area contributed by atoms with E-state index in [2.05, 4.69) is 0 Å². The van der Waals surface area contributed by atoms with Gasteiger partial charge < -0.3 is 14.0 Å². The molecular weight excluding hydrogens is 382 g/mol. The first-order valence-corrected chi connectivity index (χ1v) is 9.78. The summed E-state index contributed by atoms with van der Waals surface area (Å²) in [5.41, 5.74) is 2.94. The molecule has 0 aliphatic carbocycles. The third-order valence-electron chi connectivity index (χ3n) is 4.53. The summed E-state index contributed by atoms with van der Waals surface area (Å²) in [4.78, 5) is 12.9. The van der Waals surface area contributed by atoms with Crippen LogP contribution in [-0.4, -0.2) is 17.6 Å². The van der Waals surface area contributed by atoms with Crippen molar-refractivity contribution in [2.75, 3.05) is 7.11 Å². The number of ether oxygens (including phenoxy) is 2. The normalized spacial score (nSPS) is 18.2. The Bertz CT molecular complexity index is 983. The Balaban J connectivity index is 1.90. The van der Waals surface area contributed by atoms with Crippen molar-refractivity contribution in [2.45, 2.75) is 23.2 Å². The number of fused-ring (bicyclic) bond motifs is 3. The smallest absolute Gasteiger partial charge is 0.303 e. The van der Waals surface area contributed by atoms with Crippen LogP contribution in [0.5, 0.6) is 5.75 Å². The van der Waals surface area contributed by atoms with Gasteiger partial charge in [-0.1, -0.05) is 29.8 Å². The zero-order valence-electron chi connectivity index (χ0n) is 14.9. The van der Waals surface area contributed by atoms with Gasteiger partial charge in [0.05, 0.1) is 33.7 Å². The average molecular weight is 400 g/mol. The third kappa shape index (κ3) is 3.33. The zero-order valence-corrected chi connectivity index (χ0v) is 16.5. The molecule has 1 aliphatic rings. The van der Waals surface area contributed by atoms with Crippen LogP contribution in [0.4, 0.5) is 0 Å². The van der Waals surface area contributed by atoms with E-state index in [1.807, 2.05) is 65.4 Å². The maximum Gasteiger partial charge on any atom is 0.303 e. The van der Waals surface area contributed by atoms with E-state index in [9.17, 15) is 4.79 Å². The van der Waals surface area contributed by atoms with Crippen LogP contribution in [0, 0.1) is 0 Å². The van der Waals surface area contributed by atoms with Gasteiger partial charge in [0.2, 0.25) is 0 Å². The van der Waals surface area contributed by atoms with Gasteiger partial charge in [-0.2, -0.15) is 0 Å². The van der Waals surface area contributed by atoms with E-state index < -0.39 is 6.10 Å². The monoisotopic (exact) mass is 399 g/mol. The molecule has 4 nitrogen and oxygen atoms in total. The molecule has 1 aliphatic heterocycles. The van der Waals surface area contributed by atoms with Gasteiger partial charge >= 0.3 is 5.97 Å². The number of nitrogens with zero attached hydrogens (tertiary/aromatic N) is 1. The van der Waals surface area contributed by atoms with Gasteiger partial charge in [-0.25, -0.2) is 0 Å². The molecule has 2 atom stereocenters. The van der Waals surface area contributed by atoms with Crippen molar-refractivity contribution in [3.05, 3.63) is 77.1 Å². The number of esters is 1. The van der Waals surface area contributed by atoms with E-state index in [-0.39, 0.29) is 11.2 Å². The molecule has 1 aromatic heterocycles. The summed E-state index contributed by atoms with van der Waals surface area (Å²) < 4.78 is 13.1. The molecule has 138 valence electrons. The molecule has 3 aromatic rings. The van der Waals surface area contributed by atoms with Crippen molar-refractivity contribution in [2.24, 2.45) is 0 Å². The molecule has 0 saturated heterocycles. The lowest BCUT2D eigenvalue weighted by Gasteiger charge is -2.25. The zero-order chi connectivity index (χ0) is 19.0. The van der Waals surface area contributed by atoms with Crippen molar-refractivity contribution in [3.8, 4) is 11.4 Å². The van der Waals surface area contributed by atoms with Crippen molar-refractivity contribution in [3.63, 3.8) is 0 Å². The molecule has 0 spiro atoms. The van der Waals surface area contributed by atoms with Crippen molar-refractivity contribution in [1.29, 1.82) is 0 Å². The van der Waals surface area contributed by atoms with Crippen LogP contribution in [0.2, 0.25) is 5.02 Å². The maximum absolute atomic E-state index is 11.9. The molecule has 0 fully saturated rings. The first-order chi connectivity index (χ1) is 13.1. The van der Waals surface area contributed by atoms with E-state index in [4.69, 9.17) is 21.1 Å². The van der Waals surface area contributed by atoms with Crippen LogP contribution in [0.25, 0.3) is 5.69 Å². The Hall–Kier alpha value is -2.37. The van der Waals surface area contributed by atoms with Crippen molar-refractivity contribution in [1.82, 2.24) is 4.57 Å². The second-order valence-electron chi connectivity index (χ2n) is 6.23. The van der Waals surface area contributed by atoms with Crippen LogP contribution in [0.3, 0.4) is 0 Å². The van der Waals surface area contributed by atoms with Gasteiger partial charge in [0, 0.05) is 13.1 Å². The summed E-state index contributed by atoms with van der Waals surface area (Å²) in [6.07, 6.45) is 1.53. The first kappa shape index (κ1) is 18.0. The molecule has 27 heavy (non-hydrogen) atoms. The van der Waals surface area contributed by atoms with Crippen molar-refractivity contribution < 1.29 is 14.3 Å². The summed E-state index contributed by atoms with van der Waals surface area (Å²) in [6, 6.07) is 17.6. The van der Waals surface area contributed by atoms with E-state index in [1.165, 1.54) is 6.92 Å². The summed E-state index contributed by atoms with van der Waals surface area (Å²) in [5, 5.41) is 0.536. The summed E-state index contributed by atoms with van der Waals surface area (Å²) >= 11 is 8.15. The second-order valence-corrected chi connectivity index (χ2v) is 7.79. The fourth-order valence-corrected chi connectivity index (χ4v) is 4.97. The summed E-state index contributed by atoms with van der Waals surface area (Å²) in [7, 11) is 1.64. The van der Waals surface area contributed by atoms with Crippen LogP contribution < -0.4 is 4.74 Å². The largest absolute Gasteiger partial charge is 0.497 e. The van der Waals surface area contributed by atoms with Gasteiger partial charge in [-0.3, -0.25) is 4.79 Å². The van der Waals surface area contributed by atoms with Crippen LogP contribution in [-0.2, 0) is 9.53 Å². The van der Waals surface area contributed by atoms with Crippen molar-refractivity contribution >= 4 is 29.3 Å². The Labute approximate surface area is 167 Å². The highest BCUT2D eigenvalue weighted by atomic mass is 35.5. The number of hydrogen-bond donors (Lipinski definition) is 0. The van der Waals surface area contributed by atoms with E-state index in [0.717, 1.165) is 27.6 Å². The predicted molar refractivity (Wildman–Crippen MR) is 107 cm³/mol. The first-order valence-electron chi connectivity index (χ1n) is 8.52. The van der Waals surface area contributed by atoms with Crippen LogP contribution in [0.15, 0.2) is 65.7 Å². The third-order valence-corrected chi connectivity index (χ3v) is 6.40. The molecule has 0 amide bonds. The quantitative estimate of drug-likeness (QED) is 0.538. The van der Waals surface area contributed by atoms with Gasteiger partial charge in [0.1, 0.15) is 5.75 Å². The van der Waals surface area contributed by atoms with Gasteiger partial charge in [0.15, 0.2) is 6.10 Å². The number of methoxy groups -OCH3 is 1. The lowest BCUT2D eigenvalue weighted by Crippen LogP contribution is -2.16. The van der Waals surface area contributed by atoms with E-state index >= 15 is 0 Å². The highest BCUT2D eigenvalue weighted by Gasteiger charge is 2.35. The number of rotatable bonds is 3. The number of carbonyl (C=O) groups excluding carboxylic acids is 1. The SMILES string of the molecule is COc1ccc([C@H]2Sc3c(Cl)cccc3-n3cccc3[C@H]2OC(C)=O)cc1. The van der Waals surface area contributed by atoms with E-state index in [0.29, 0.717) is 5.02 Å². The number of aromatic nitrogens is 1. The van der Waals surface area contributed by atoms with E-state index in [1.54, 1.807) is 18.9 Å². The number of halogens is 1. The molecule has 2 aromatic carbocycles. The van der Waals surface area contributed by atoms with Gasteiger partial charge in [-0.15, -0.1) is 11.8 Å². The topological polar surface area (TPSA) is 40.5 Å². The summed E-state index contributed by atoms with van der Waals surface area (Å²) in [6.45, 7) is 1.44. The maximum atomic E-state index is 11.9. The number of carbonyl (C=O) groups is 1. The lowest BCUT2D eigenvalue weighted by molar-refractivity contribution is -0.147. The molecular formula is C21H18ClNO3S. The van der Waals surface area contributed by atoms with Gasteiger partial charge in [-0.05, 0) is 42.0 Å². The Morgan fingerprint density at radius 1 is 1.11 bits per heavy atom. The minimum atomic E-state index is -0.445. The number of thioether (sulfide) groups is 1.